The third-order valence-electron chi connectivity index (χ3n) is 4.72. The van der Waals surface area contributed by atoms with Gasteiger partial charge in [0.1, 0.15) is 0 Å². The molecule has 2 aromatic heterocycles. The molecule has 3 aromatic rings. The molecule has 0 spiro atoms. The number of rotatable bonds is 9. The highest BCUT2D eigenvalue weighted by molar-refractivity contribution is 7.07. The smallest absolute Gasteiger partial charge is 0.254 e. The van der Waals surface area contributed by atoms with Crippen LogP contribution in [0, 0.1) is 0 Å². The summed E-state index contributed by atoms with van der Waals surface area (Å²) in [5.41, 5.74) is 3.00. The van der Waals surface area contributed by atoms with Crippen molar-refractivity contribution in [1.82, 2.24) is 20.0 Å². The molecule has 6 heteroatoms. The van der Waals surface area contributed by atoms with Crippen LogP contribution in [0.5, 0.6) is 0 Å². The van der Waals surface area contributed by atoms with Gasteiger partial charge in [0, 0.05) is 12.7 Å². The summed E-state index contributed by atoms with van der Waals surface area (Å²) in [7, 11) is 0. The molecule has 142 valence electrons. The zero-order valence-corrected chi connectivity index (χ0v) is 16.7. The monoisotopic (exact) mass is 382 g/mol. The predicted octanol–water partition coefficient (Wildman–Crippen LogP) is 3.81. The van der Waals surface area contributed by atoms with Crippen molar-refractivity contribution < 1.29 is 4.79 Å². The molecule has 1 atom stereocenters. The van der Waals surface area contributed by atoms with Crippen molar-refractivity contribution in [2.45, 2.75) is 26.4 Å². The molecule has 1 aromatic carbocycles. The SMILES string of the molecule is CCN(CC)C(CNC(=O)c1cnn(Cc2ccccc2)c1)c1ccsc1. The second-order valence-corrected chi connectivity index (χ2v) is 7.20. The summed E-state index contributed by atoms with van der Waals surface area (Å²) in [6.07, 6.45) is 3.44. The molecule has 0 saturated heterocycles. The number of nitrogens with zero attached hydrogens (tertiary/aromatic N) is 3. The van der Waals surface area contributed by atoms with Crippen molar-refractivity contribution in [3.63, 3.8) is 0 Å². The number of carbonyl (C=O) groups excluding carboxylic acids is 1. The van der Waals surface area contributed by atoms with Crippen LogP contribution in [0.1, 0.15) is 41.4 Å². The summed E-state index contributed by atoms with van der Waals surface area (Å²) in [6.45, 7) is 7.44. The van der Waals surface area contributed by atoms with Crippen LogP contribution in [-0.2, 0) is 6.54 Å². The molecule has 0 aliphatic carbocycles. The van der Waals surface area contributed by atoms with Gasteiger partial charge in [0.05, 0.1) is 24.3 Å². The van der Waals surface area contributed by atoms with E-state index in [0.717, 1.165) is 18.7 Å². The van der Waals surface area contributed by atoms with Crippen LogP contribution in [0.15, 0.2) is 59.6 Å². The molecule has 2 heterocycles. The molecule has 0 radical (unpaired) electrons. The highest BCUT2D eigenvalue weighted by Gasteiger charge is 2.20. The fourth-order valence-electron chi connectivity index (χ4n) is 3.22. The van der Waals surface area contributed by atoms with Gasteiger partial charge in [0.2, 0.25) is 0 Å². The van der Waals surface area contributed by atoms with Crippen LogP contribution in [0.2, 0.25) is 0 Å². The Hall–Kier alpha value is -2.44. The lowest BCUT2D eigenvalue weighted by molar-refractivity contribution is 0.0935. The standard InChI is InChI=1S/C21H26N4OS/c1-3-24(4-2)20(18-10-11-27-16-18)13-22-21(26)19-12-23-25(15-19)14-17-8-6-5-7-9-17/h5-12,15-16,20H,3-4,13-14H2,1-2H3,(H,22,26). The summed E-state index contributed by atoms with van der Waals surface area (Å²) < 4.78 is 1.80. The maximum absolute atomic E-state index is 12.6. The number of carbonyl (C=O) groups is 1. The Morgan fingerprint density at radius 1 is 1.22 bits per heavy atom. The quantitative estimate of drug-likeness (QED) is 0.612. The van der Waals surface area contributed by atoms with Crippen LogP contribution in [0.3, 0.4) is 0 Å². The Balaban J connectivity index is 1.62. The van der Waals surface area contributed by atoms with Gasteiger partial charge in [0.15, 0.2) is 0 Å². The van der Waals surface area contributed by atoms with Gasteiger partial charge in [-0.25, -0.2) is 0 Å². The normalized spacial score (nSPS) is 12.3. The first-order valence-electron chi connectivity index (χ1n) is 9.32. The van der Waals surface area contributed by atoms with Gasteiger partial charge in [-0.05, 0) is 41.0 Å². The van der Waals surface area contributed by atoms with E-state index in [4.69, 9.17) is 0 Å². The minimum atomic E-state index is -0.0818. The Morgan fingerprint density at radius 2 is 2.00 bits per heavy atom. The minimum absolute atomic E-state index is 0.0818. The van der Waals surface area contributed by atoms with E-state index in [-0.39, 0.29) is 11.9 Å². The van der Waals surface area contributed by atoms with E-state index in [9.17, 15) is 4.79 Å². The van der Waals surface area contributed by atoms with Crippen molar-refractivity contribution in [2.24, 2.45) is 0 Å². The largest absolute Gasteiger partial charge is 0.350 e. The number of nitrogens with one attached hydrogen (secondary N) is 1. The molecule has 0 bridgehead atoms. The van der Waals surface area contributed by atoms with Crippen LogP contribution in [0.25, 0.3) is 0 Å². The van der Waals surface area contributed by atoms with E-state index in [1.54, 1.807) is 28.4 Å². The molecule has 5 nitrogen and oxygen atoms in total. The fourth-order valence-corrected chi connectivity index (χ4v) is 3.92. The average molecular weight is 383 g/mol. The van der Waals surface area contributed by atoms with Crippen molar-refractivity contribution in [3.8, 4) is 0 Å². The van der Waals surface area contributed by atoms with Gasteiger partial charge < -0.3 is 5.32 Å². The van der Waals surface area contributed by atoms with Gasteiger partial charge in [0.25, 0.3) is 5.91 Å². The van der Waals surface area contributed by atoms with Crippen molar-refractivity contribution in [2.75, 3.05) is 19.6 Å². The topological polar surface area (TPSA) is 50.2 Å². The van der Waals surface area contributed by atoms with Crippen molar-refractivity contribution >= 4 is 17.2 Å². The van der Waals surface area contributed by atoms with Crippen LogP contribution in [0.4, 0.5) is 0 Å². The second-order valence-electron chi connectivity index (χ2n) is 6.42. The Morgan fingerprint density at radius 3 is 2.67 bits per heavy atom. The molecule has 27 heavy (non-hydrogen) atoms. The first-order chi connectivity index (χ1) is 13.2. The van der Waals surface area contributed by atoms with Gasteiger partial charge >= 0.3 is 0 Å². The third kappa shape index (κ3) is 5.05. The first kappa shape index (κ1) is 19.3. The highest BCUT2D eigenvalue weighted by Crippen LogP contribution is 2.22. The summed E-state index contributed by atoms with van der Waals surface area (Å²) in [4.78, 5) is 15.0. The Bertz CT molecular complexity index is 825. The molecule has 1 N–H and O–H groups in total. The van der Waals surface area contributed by atoms with Crippen molar-refractivity contribution in [1.29, 1.82) is 0 Å². The van der Waals surface area contributed by atoms with Crippen LogP contribution < -0.4 is 5.32 Å². The maximum Gasteiger partial charge on any atom is 0.254 e. The molecule has 1 unspecified atom stereocenters. The van der Waals surface area contributed by atoms with Gasteiger partial charge in [-0.15, -0.1) is 0 Å². The lowest BCUT2D eigenvalue weighted by atomic mass is 10.1. The van der Waals surface area contributed by atoms with Crippen molar-refractivity contribution in [3.05, 3.63) is 76.2 Å². The molecule has 1 amide bonds. The minimum Gasteiger partial charge on any atom is -0.350 e. The van der Waals surface area contributed by atoms with E-state index in [1.165, 1.54) is 5.56 Å². The predicted molar refractivity (Wildman–Crippen MR) is 110 cm³/mol. The Labute approximate surface area is 164 Å². The molecule has 3 rings (SSSR count). The average Bonchev–Trinajstić information content (AvgIpc) is 3.38. The van der Waals surface area contributed by atoms with Crippen LogP contribution >= 0.6 is 11.3 Å². The number of hydrogen-bond acceptors (Lipinski definition) is 4. The van der Waals surface area contributed by atoms with Crippen LogP contribution in [-0.4, -0.2) is 40.2 Å². The number of benzene rings is 1. The number of likely N-dealkylation sites (N-methyl/N-ethyl adjacent to an activating group) is 1. The van der Waals surface area contributed by atoms with E-state index in [0.29, 0.717) is 18.7 Å². The number of thiophene rings is 1. The van der Waals surface area contributed by atoms with Gasteiger partial charge in [-0.1, -0.05) is 44.2 Å². The molecule has 0 aliphatic heterocycles. The lowest BCUT2D eigenvalue weighted by Gasteiger charge is -2.29. The molecular formula is C21H26N4OS. The lowest BCUT2D eigenvalue weighted by Crippen LogP contribution is -2.37. The van der Waals surface area contributed by atoms with E-state index < -0.39 is 0 Å². The zero-order valence-electron chi connectivity index (χ0n) is 15.8. The summed E-state index contributed by atoms with van der Waals surface area (Å²) in [6, 6.07) is 12.4. The summed E-state index contributed by atoms with van der Waals surface area (Å²) >= 11 is 1.69. The summed E-state index contributed by atoms with van der Waals surface area (Å²) in [5.74, 6) is -0.0818. The zero-order chi connectivity index (χ0) is 19.1. The summed E-state index contributed by atoms with van der Waals surface area (Å²) in [5, 5.41) is 11.7. The molecular weight excluding hydrogens is 356 g/mol. The molecule has 0 aliphatic rings. The first-order valence-corrected chi connectivity index (χ1v) is 10.3. The third-order valence-corrected chi connectivity index (χ3v) is 5.42. The fraction of sp³-hybridized carbons (Fsp3) is 0.333. The van der Waals surface area contributed by atoms with E-state index >= 15 is 0 Å². The molecule has 0 saturated carbocycles. The highest BCUT2D eigenvalue weighted by atomic mass is 32.1. The molecule has 0 fully saturated rings. The van der Waals surface area contributed by atoms with Gasteiger partial charge in [-0.2, -0.15) is 16.4 Å². The second kappa shape index (κ2) is 9.48. The number of aromatic nitrogens is 2. The van der Waals surface area contributed by atoms with E-state index in [1.807, 2.05) is 18.2 Å². The maximum atomic E-state index is 12.6. The van der Waals surface area contributed by atoms with Gasteiger partial charge in [-0.3, -0.25) is 14.4 Å². The number of hydrogen-bond donors (Lipinski definition) is 1. The van der Waals surface area contributed by atoms with E-state index in [2.05, 4.69) is 58.1 Å². The Kier molecular flexibility index (Phi) is 6.79. The number of amides is 1.